The average molecular weight is 310 g/mol. The van der Waals surface area contributed by atoms with Gasteiger partial charge in [-0.05, 0) is 24.3 Å². The minimum absolute atomic E-state index is 0.0431. The number of nitrogens with two attached hydrogens (primary N) is 1. The van der Waals surface area contributed by atoms with Gasteiger partial charge < -0.3 is 15.8 Å². The number of nitrogens with one attached hydrogen (secondary N) is 1. The maximum Gasteiger partial charge on any atom is 0.177 e. The van der Waals surface area contributed by atoms with Crippen LogP contribution in [0.1, 0.15) is 0 Å². The first-order valence-corrected chi connectivity index (χ1v) is 7.91. The summed E-state index contributed by atoms with van der Waals surface area (Å²) in [5.41, 5.74) is 6.94. The van der Waals surface area contributed by atoms with E-state index in [0.29, 0.717) is 11.4 Å². The van der Waals surface area contributed by atoms with Crippen LogP contribution in [-0.4, -0.2) is 21.8 Å². The van der Waals surface area contributed by atoms with Gasteiger partial charge in [0.05, 0.1) is 23.4 Å². The quantitative estimate of drug-likeness (QED) is 0.848. The van der Waals surface area contributed by atoms with E-state index in [1.165, 1.54) is 31.4 Å². The van der Waals surface area contributed by atoms with Crippen LogP contribution in [0.3, 0.4) is 0 Å². The number of benzene rings is 2. The number of para-hydroxylation sites is 1. The van der Waals surface area contributed by atoms with E-state index in [9.17, 15) is 12.8 Å². The number of halogens is 1. The molecule has 0 amide bonds. The van der Waals surface area contributed by atoms with Crippen LogP contribution < -0.4 is 15.8 Å². The Balaban J connectivity index is 2.41. The fourth-order valence-corrected chi connectivity index (χ4v) is 2.70. The fourth-order valence-electron chi connectivity index (χ4n) is 1.87. The second kappa shape index (κ2) is 5.61. The number of sulfone groups is 1. The number of hydrogen-bond donors (Lipinski definition) is 2. The van der Waals surface area contributed by atoms with Crippen LogP contribution in [0.5, 0.6) is 5.75 Å². The molecule has 0 heterocycles. The number of nitrogen functional groups attached to an aromatic ring is 1. The minimum atomic E-state index is -3.42. The topological polar surface area (TPSA) is 81.4 Å². The second-order valence-electron chi connectivity index (χ2n) is 4.46. The molecule has 0 aliphatic rings. The lowest BCUT2D eigenvalue weighted by Gasteiger charge is -2.13. The number of rotatable bonds is 4. The zero-order valence-electron chi connectivity index (χ0n) is 11.6. The Bertz CT molecular complexity index is 776. The highest BCUT2D eigenvalue weighted by molar-refractivity contribution is 7.90. The van der Waals surface area contributed by atoms with Crippen LogP contribution in [0, 0.1) is 5.82 Å². The zero-order valence-corrected chi connectivity index (χ0v) is 12.4. The first-order valence-electron chi connectivity index (χ1n) is 6.02. The molecule has 21 heavy (non-hydrogen) atoms. The van der Waals surface area contributed by atoms with Crippen LogP contribution in [0.2, 0.25) is 0 Å². The van der Waals surface area contributed by atoms with Crippen molar-refractivity contribution < 1.29 is 17.5 Å². The van der Waals surface area contributed by atoms with Gasteiger partial charge in [0, 0.05) is 18.0 Å². The van der Waals surface area contributed by atoms with Crippen LogP contribution in [0.15, 0.2) is 41.3 Å². The molecule has 2 aromatic carbocycles. The minimum Gasteiger partial charge on any atom is -0.494 e. The van der Waals surface area contributed by atoms with E-state index in [1.54, 1.807) is 12.1 Å². The van der Waals surface area contributed by atoms with Gasteiger partial charge in [-0.25, -0.2) is 12.8 Å². The van der Waals surface area contributed by atoms with Crippen LogP contribution >= 0.6 is 0 Å². The van der Waals surface area contributed by atoms with E-state index in [-0.39, 0.29) is 16.3 Å². The van der Waals surface area contributed by atoms with Gasteiger partial charge in [0.15, 0.2) is 21.4 Å². The Morgan fingerprint density at radius 1 is 1.24 bits per heavy atom. The molecule has 0 aliphatic carbocycles. The van der Waals surface area contributed by atoms with Crippen molar-refractivity contribution in [1.29, 1.82) is 0 Å². The number of ether oxygens (including phenoxy) is 1. The number of anilines is 3. The van der Waals surface area contributed by atoms with Crippen molar-refractivity contribution in [3.63, 3.8) is 0 Å². The van der Waals surface area contributed by atoms with E-state index in [0.717, 1.165) is 6.26 Å². The predicted molar refractivity (Wildman–Crippen MR) is 80.2 cm³/mol. The number of hydrogen-bond acceptors (Lipinski definition) is 5. The molecule has 0 aliphatic heterocycles. The van der Waals surface area contributed by atoms with Crippen molar-refractivity contribution in [1.82, 2.24) is 0 Å². The second-order valence-corrected chi connectivity index (χ2v) is 6.45. The highest BCUT2D eigenvalue weighted by atomic mass is 32.2. The van der Waals surface area contributed by atoms with Gasteiger partial charge in [-0.2, -0.15) is 0 Å². The number of methoxy groups -OCH3 is 1. The normalized spacial score (nSPS) is 11.2. The van der Waals surface area contributed by atoms with Gasteiger partial charge in [0.1, 0.15) is 0 Å². The van der Waals surface area contributed by atoms with Crippen molar-refractivity contribution in [2.45, 2.75) is 4.90 Å². The molecule has 0 atom stereocenters. The standard InChI is InChI=1S/C14H15FN2O3S/c1-20-12-8-9(6-7-10(12)15)17-11-4-3-5-13(14(11)16)21(2,18)19/h3-8,17H,16H2,1-2H3. The molecule has 7 heteroatoms. The largest absolute Gasteiger partial charge is 0.494 e. The van der Waals surface area contributed by atoms with E-state index in [2.05, 4.69) is 5.32 Å². The van der Waals surface area contributed by atoms with Gasteiger partial charge in [-0.3, -0.25) is 0 Å². The van der Waals surface area contributed by atoms with E-state index >= 15 is 0 Å². The molecule has 2 rings (SSSR count). The van der Waals surface area contributed by atoms with Crippen molar-refractivity contribution in [3.8, 4) is 5.75 Å². The molecule has 0 spiro atoms. The molecule has 3 N–H and O–H groups in total. The van der Waals surface area contributed by atoms with Gasteiger partial charge in [0.2, 0.25) is 0 Å². The first kappa shape index (κ1) is 15.1. The molecule has 0 bridgehead atoms. The fraction of sp³-hybridized carbons (Fsp3) is 0.143. The van der Waals surface area contributed by atoms with Crippen molar-refractivity contribution in [2.24, 2.45) is 0 Å². The lowest BCUT2D eigenvalue weighted by atomic mass is 10.2. The van der Waals surface area contributed by atoms with Crippen LogP contribution in [0.4, 0.5) is 21.5 Å². The summed E-state index contributed by atoms with van der Waals surface area (Å²) in [5.74, 6) is -0.404. The molecule has 112 valence electrons. The summed E-state index contributed by atoms with van der Waals surface area (Å²) in [6.07, 6.45) is 1.09. The van der Waals surface area contributed by atoms with Gasteiger partial charge in [0.25, 0.3) is 0 Å². The molecule has 0 saturated heterocycles. The smallest absolute Gasteiger partial charge is 0.177 e. The Kier molecular flexibility index (Phi) is 4.04. The molecule has 0 unspecified atom stereocenters. The summed E-state index contributed by atoms with van der Waals surface area (Å²) in [5, 5.41) is 2.95. The van der Waals surface area contributed by atoms with E-state index in [4.69, 9.17) is 10.5 Å². The van der Waals surface area contributed by atoms with Gasteiger partial charge >= 0.3 is 0 Å². The van der Waals surface area contributed by atoms with Gasteiger partial charge in [-0.1, -0.05) is 6.07 Å². The van der Waals surface area contributed by atoms with Crippen LogP contribution in [-0.2, 0) is 9.84 Å². The Labute approximate surface area is 122 Å². The Morgan fingerprint density at radius 2 is 1.95 bits per heavy atom. The van der Waals surface area contributed by atoms with E-state index < -0.39 is 15.7 Å². The lowest BCUT2D eigenvalue weighted by molar-refractivity contribution is 0.387. The summed E-state index contributed by atoms with van der Waals surface area (Å²) in [4.78, 5) is 0.0431. The summed E-state index contributed by atoms with van der Waals surface area (Å²) in [7, 11) is -2.06. The summed E-state index contributed by atoms with van der Waals surface area (Å²) in [6, 6.07) is 8.86. The molecule has 0 radical (unpaired) electrons. The van der Waals surface area contributed by atoms with Crippen molar-refractivity contribution in [3.05, 3.63) is 42.2 Å². The summed E-state index contributed by atoms with van der Waals surface area (Å²) >= 11 is 0. The molecule has 0 fully saturated rings. The monoisotopic (exact) mass is 310 g/mol. The SMILES string of the molecule is COc1cc(Nc2cccc(S(C)(=O)=O)c2N)ccc1F. The Hall–Kier alpha value is -2.28. The third-order valence-corrected chi connectivity index (χ3v) is 4.05. The molecular formula is C14H15FN2O3S. The maximum atomic E-state index is 13.4. The molecular weight excluding hydrogens is 295 g/mol. The van der Waals surface area contributed by atoms with Crippen molar-refractivity contribution in [2.75, 3.05) is 24.4 Å². The Morgan fingerprint density at radius 3 is 2.57 bits per heavy atom. The maximum absolute atomic E-state index is 13.4. The predicted octanol–water partition coefficient (Wildman–Crippen LogP) is 2.56. The van der Waals surface area contributed by atoms with Crippen LogP contribution in [0.25, 0.3) is 0 Å². The zero-order chi connectivity index (χ0) is 15.6. The third-order valence-electron chi connectivity index (χ3n) is 2.90. The highest BCUT2D eigenvalue weighted by Gasteiger charge is 2.14. The summed E-state index contributed by atoms with van der Waals surface area (Å²) < 4.78 is 41.5. The highest BCUT2D eigenvalue weighted by Crippen LogP contribution is 2.30. The van der Waals surface area contributed by atoms with E-state index in [1.807, 2.05) is 0 Å². The molecule has 0 saturated carbocycles. The molecule has 5 nitrogen and oxygen atoms in total. The lowest BCUT2D eigenvalue weighted by Crippen LogP contribution is -2.05. The summed E-state index contributed by atoms with van der Waals surface area (Å²) in [6.45, 7) is 0. The van der Waals surface area contributed by atoms with Gasteiger partial charge in [-0.15, -0.1) is 0 Å². The third kappa shape index (κ3) is 3.25. The molecule has 0 aromatic heterocycles. The first-order chi connectivity index (χ1) is 9.82. The average Bonchev–Trinajstić information content (AvgIpc) is 2.42. The molecule has 2 aromatic rings. The van der Waals surface area contributed by atoms with Crippen molar-refractivity contribution >= 4 is 26.9 Å².